The number of aliphatic hydroxyl groups excluding tert-OH is 1. The zero-order valence-corrected chi connectivity index (χ0v) is 27.1. The van der Waals surface area contributed by atoms with Crippen molar-refractivity contribution in [2.45, 2.75) is 114 Å². The highest BCUT2D eigenvalue weighted by atomic mass is 28.4. The third-order valence-corrected chi connectivity index (χ3v) is 14.0. The number of aliphatic hydroxyl groups is 1. The first kappa shape index (κ1) is 33.1. The highest BCUT2D eigenvalue weighted by molar-refractivity contribution is 6.74. The van der Waals surface area contributed by atoms with E-state index in [4.69, 9.17) is 19.6 Å². The molecule has 4 N–H and O–H groups in total. The molecule has 42 heavy (non-hydrogen) atoms. The predicted octanol–water partition coefficient (Wildman–Crippen LogP) is 4.49. The number of nitrogens with one attached hydrogen (secondary N) is 1. The number of halogens is 2. The lowest BCUT2D eigenvalue weighted by molar-refractivity contribution is -0.209. The molecule has 4 rings (SSSR count). The van der Waals surface area contributed by atoms with Crippen LogP contribution in [0.5, 0.6) is 0 Å². The van der Waals surface area contributed by atoms with E-state index in [-0.39, 0.29) is 34.0 Å². The van der Waals surface area contributed by atoms with Gasteiger partial charge in [0.25, 0.3) is 0 Å². The van der Waals surface area contributed by atoms with Gasteiger partial charge in [-0.15, -0.1) is 5.10 Å². The minimum Gasteiger partial charge on any atom is -0.414 e. The van der Waals surface area contributed by atoms with Gasteiger partial charge in [0.15, 0.2) is 20.0 Å². The Hall–Kier alpha value is -1.80. The number of rotatable bonds is 10. The van der Waals surface area contributed by atoms with Crippen molar-refractivity contribution in [1.29, 1.82) is 0 Å². The first-order chi connectivity index (χ1) is 19.7. The molecular formula is C30H49F2N5O4Si. The van der Waals surface area contributed by atoms with Crippen LogP contribution in [0.15, 0.2) is 18.3 Å². The molecule has 1 saturated carbocycles. The smallest absolute Gasteiger partial charge is 0.192 e. The van der Waals surface area contributed by atoms with Gasteiger partial charge < -0.3 is 30.1 Å². The topological polar surface area (TPSA) is 117 Å². The molecule has 2 heterocycles. The van der Waals surface area contributed by atoms with E-state index in [9.17, 15) is 13.9 Å². The number of nitrogens with zero attached hydrogens (tertiary/aromatic N) is 3. The molecule has 0 amide bonds. The zero-order chi connectivity index (χ0) is 30.9. The average molecular weight is 610 g/mol. The lowest BCUT2D eigenvalue weighted by Crippen LogP contribution is -2.60. The maximum atomic E-state index is 14.8. The Labute approximate surface area is 249 Å². The van der Waals surface area contributed by atoms with Gasteiger partial charge in [0.05, 0.1) is 18.9 Å². The maximum Gasteiger partial charge on any atom is 0.192 e. The summed E-state index contributed by atoms with van der Waals surface area (Å²) in [6.07, 6.45) is 4.10. The molecular weight excluding hydrogens is 560 g/mol. The van der Waals surface area contributed by atoms with Gasteiger partial charge in [0.1, 0.15) is 30.0 Å². The minimum absolute atomic E-state index is 0.00313. The highest BCUT2D eigenvalue weighted by Gasteiger charge is 2.48. The van der Waals surface area contributed by atoms with Crippen LogP contribution in [0.1, 0.15) is 64.5 Å². The number of aryl methyl sites for hydroxylation is 1. The Morgan fingerprint density at radius 1 is 1.17 bits per heavy atom. The van der Waals surface area contributed by atoms with Crippen molar-refractivity contribution in [2.24, 2.45) is 5.73 Å². The van der Waals surface area contributed by atoms with Crippen LogP contribution in [-0.4, -0.2) is 85.2 Å². The molecule has 1 saturated heterocycles. The van der Waals surface area contributed by atoms with E-state index in [0.29, 0.717) is 13.1 Å². The minimum atomic E-state index is -2.15. The highest BCUT2D eigenvalue weighted by Crippen LogP contribution is 2.38. The summed E-state index contributed by atoms with van der Waals surface area (Å²) in [4.78, 5) is 0. The van der Waals surface area contributed by atoms with Crippen LogP contribution >= 0.6 is 0 Å². The molecule has 1 aromatic heterocycles. The first-order valence-electron chi connectivity index (χ1n) is 15.0. The van der Waals surface area contributed by atoms with Gasteiger partial charge in [0.2, 0.25) is 0 Å². The van der Waals surface area contributed by atoms with Crippen molar-refractivity contribution in [1.82, 2.24) is 20.3 Å². The van der Waals surface area contributed by atoms with Crippen LogP contribution in [0.2, 0.25) is 18.1 Å². The SMILES string of the molecule is CO[C@@H]1[C@@H](n2cc(-c3ccc(C)c(F)c3F)nn2)[C@@H](O)[C@@H](CO[Si](C)(C)C(C)(C)C)O[C@@H]1CNCC1(N)CCCCC1. The van der Waals surface area contributed by atoms with E-state index in [1.54, 1.807) is 7.11 Å². The first-order valence-corrected chi connectivity index (χ1v) is 17.9. The summed E-state index contributed by atoms with van der Waals surface area (Å²) < 4.78 is 49.5. The van der Waals surface area contributed by atoms with Crippen molar-refractivity contribution in [3.8, 4) is 11.3 Å². The van der Waals surface area contributed by atoms with Gasteiger partial charge in [0, 0.05) is 31.3 Å². The molecule has 9 nitrogen and oxygen atoms in total. The molecule has 1 aliphatic carbocycles. The number of ether oxygens (including phenoxy) is 2. The Kier molecular flexibility index (Phi) is 10.3. The maximum absolute atomic E-state index is 14.8. The molecule has 1 aromatic carbocycles. The monoisotopic (exact) mass is 609 g/mol. The molecule has 0 radical (unpaired) electrons. The second-order valence-electron chi connectivity index (χ2n) is 13.7. The third-order valence-electron chi connectivity index (χ3n) is 9.51. The van der Waals surface area contributed by atoms with Gasteiger partial charge in [-0.2, -0.15) is 0 Å². The zero-order valence-electron chi connectivity index (χ0n) is 26.1. The largest absolute Gasteiger partial charge is 0.414 e. The molecule has 12 heteroatoms. The van der Waals surface area contributed by atoms with E-state index in [1.165, 1.54) is 36.4 Å². The van der Waals surface area contributed by atoms with Gasteiger partial charge in [-0.05, 0) is 49.5 Å². The predicted molar refractivity (Wildman–Crippen MR) is 161 cm³/mol. The summed E-state index contributed by atoms with van der Waals surface area (Å²) in [6, 6.07) is 2.26. The van der Waals surface area contributed by atoms with Crippen molar-refractivity contribution in [3.63, 3.8) is 0 Å². The summed E-state index contributed by atoms with van der Waals surface area (Å²) in [5.41, 5.74) is 6.77. The fraction of sp³-hybridized carbons (Fsp3) is 0.733. The van der Waals surface area contributed by atoms with Crippen LogP contribution in [-0.2, 0) is 13.9 Å². The standard InChI is InChI=1S/C30H49F2N5O4Si/c1-19-11-12-20(25(32)24(19)31)21-16-37(36-35-21)26-27(38)23(17-40-42(6,7)29(2,3)4)41-22(28(26)39-5)15-34-18-30(33)13-9-8-10-14-30/h11-12,16,22-23,26-28,34,38H,8-10,13-15,17-18,33H2,1-7H3/t22-,23-,26+,27+,28+/m1/s1. The summed E-state index contributed by atoms with van der Waals surface area (Å²) in [5, 5.41) is 23.5. The van der Waals surface area contributed by atoms with Crippen LogP contribution < -0.4 is 11.1 Å². The average Bonchev–Trinajstić information content (AvgIpc) is 3.40. The second kappa shape index (κ2) is 13.1. The molecule has 5 atom stereocenters. The summed E-state index contributed by atoms with van der Waals surface area (Å²) in [5.74, 6) is -1.91. The van der Waals surface area contributed by atoms with Crippen LogP contribution in [0.4, 0.5) is 8.78 Å². The molecule has 236 valence electrons. The van der Waals surface area contributed by atoms with Gasteiger partial charge in [-0.1, -0.05) is 51.3 Å². The van der Waals surface area contributed by atoms with Crippen molar-refractivity contribution in [2.75, 3.05) is 26.8 Å². The molecule has 2 fully saturated rings. The van der Waals surface area contributed by atoms with Crippen LogP contribution in [0.3, 0.4) is 0 Å². The molecule has 0 bridgehead atoms. The van der Waals surface area contributed by atoms with Crippen molar-refractivity contribution < 1.29 is 27.8 Å². The Bertz CT molecular complexity index is 1200. The third kappa shape index (κ3) is 7.11. The number of methoxy groups -OCH3 is 1. The lowest BCUT2D eigenvalue weighted by Gasteiger charge is -2.46. The quantitative estimate of drug-likeness (QED) is 0.338. The van der Waals surface area contributed by atoms with E-state index < -0.39 is 50.4 Å². The summed E-state index contributed by atoms with van der Waals surface area (Å²) in [6.45, 7) is 13.6. The molecule has 2 aliphatic rings. The molecule has 0 spiro atoms. The Morgan fingerprint density at radius 3 is 2.50 bits per heavy atom. The van der Waals surface area contributed by atoms with Crippen molar-refractivity contribution >= 4 is 8.32 Å². The Balaban J connectivity index is 1.60. The van der Waals surface area contributed by atoms with E-state index in [0.717, 1.165) is 25.7 Å². The Morgan fingerprint density at radius 2 is 1.86 bits per heavy atom. The fourth-order valence-electron chi connectivity index (χ4n) is 5.71. The lowest BCUT2D eigenvalue weighted by atomic mass is 9.82. The summed E-state index contributed by atoms with van der Waals surface area (Å²) in [7, 11) is -0.587. The number of hydrogen-bond donors (Lipinski definition) is 3. The van der Waals surface area contributed by atoms with Crippen LogP contribution in [0.25, 0.3) is 11.3 Å². The van der Waals surface area contributed by atoms with E-state index in [2.05, 4.69) is 49.5 Å². The number of benzene rings is 1. The number of aromatic nitrogens is 3. The number of nitrogens with two attached hydrogens (primary N) is 1. The molecule has 1 aliphatic heterocycles. The second-order valence-corrected chi connectivity index (χ2v) is 18.5. The number of hydrogen-bond acceptors (Lipinski definition) is 8. The van der Waals surface area contributed by atoms with E-state index in [1.807, 2.05) is 0 Å². The van der Waals surface area contributed by atoms with Gasteiger partial charge in [-0.25, -0.2) is 13.5 Å². The summed E-state index contributed by atoms with van der Waals surface area (Å²) >= 11 is 0. The van der Waals surface area contributed by atoms with E-state index >= 15 is 0 Å². The van der Waals surface area contributed by atoms with Gasteiger partial charge in [-0.3, -0.25) is 0 Å². The van der Waals surface area contributed by atoms with Crippen LogP contribution in [0, 0.1) is 18.6 Å². The molecule has 2 aromatic rings. The normalized spacial score (nSPS) is 26.9. The van der Waals surface area contributed by atoms with Gasteiger partial charge >= 0.3 is 0 Å². The molecule has 0 unspecified atom stereocenters. The van der Waals surface area contributed by atoms with Crippen molar-refractivity contribution in [3.05, 3.63) is 35.5 Å². The fourth-order valence-corrected chi connectivity index (χ4v) is 6.72.